The van der Waals surface area contributed by atoms with Crippen LogP contribution in [0.1, 0.15) is 0 Å². The monoisotopic (exact) mass is 276 g/mol. The Morgan fingerprint density at radius 1 is 1.35 bits per heavy atom. The van der Waals surface area contributed by atoms with Gasteiger partial charge in [0, 0.05) is 5.69 Å². The lowest BCUT2D eigenvalue weighted by atomic mass is 10.3. The molecule has 1 amide bonds. The molecule has 1 aromatic rings. The SMILES string of the molecule is O=C(Nc1ccccc1)C1=C[N+]2CN(F)C=C(F)C2=N1. The normalized spacial score (nSPS) is 18.1. The summed E-state index contributed by atoms with van der Waals surface area (Å²) >= 11 is 0. The Morgan fingerprint density at radius 2 is 2.10 bits per heavy atom. The molecule has 1 N–H and O–H groups in total. The molecule has 0 aliphatic carbocycles. The predicted octanol–water partition coefficient (Wildman–Crippen LogP) is 1.99. The molecule has 0 spiro atoms. The first kappa shape index (κ1) is 12.5. The van der Waals surface area contributed by atoms with Crippen LogP contribution in [0.25, 0.3) is 0 Å². The molecule has 0 atom stereocenters. The molecule has 0 fully saturated rings. The van der Waals surface area contributed by atoms with Gasteiger partial charge in [0.1, 0.15) is 0 Å². The largest absolute Gasteiger partial charge is 0.322 e. The molecular weight excluding hydrogens is 266 g/mol. The van der Waals surface area contributed by atoms with Crippen LogP contribution in [-0.4, -0.2) is 23.5 Å². The van der Waals surface area contributed by atoms with E-state index in [2.05, 4.69) is 10.3 Å². The number of hydrogen-bond donors (Lipinski definition) is 1. The van der Waals surface area contributed by atoms with Gasteiger partial charge in [-0.1, -0.05) is 27.6 Å². The maximum absolute atomic E-state index is 13.5. The van der Waals surface area contributed by atoms with Crippen molar-refractivity contribution in [3.63, 3.8) is 0 Å². The lowest BCUT2D eigenvalue weighted by molar-refractivity contribution is -0.112. The Morgan fingerprint density at radius 3 is 2.85 bits per heavy atom. The lowest BCUT2D eigenvalue weighted by Crippen LogP contribution is -2.40. The van der Waals surface area contributed by atoms with Crippen LogP contribution in [0, 0.1) is 0 Å². The first-order valence-electron chi connectivity index (χ1n) is 5.87. The van der Waals surface area contributed by atoms with Crippen LogP contribution in [0.5, 0.6) is 0 Å². The van der Waals surface area contributed by atoms with Gasteiger partial charge in [0.25, 0.3) is 5.91 Å². The van der Waals surface area contributed by atoms with Gasteiger partial charge < -0.3 is 5.32 Å². The van der Waals surface area contributed by atoms with Crippen LogP contribution in [0.4, 0.5) is 14.6 Å². The average Bonchev–Trinajstić information content (AvgIpc) is 2.84. The standard InChI is InChI=1S/C13H10F2N4O/c14-10-6-19(15)8-18-7-11(17-12(10)18)13(20)16-9-4-2-1-3-5-9/h1-7H,8H2,(H,16,20)/q+1. The topological polar surface area (TPSA) is 50.6 Å². The Hall–Kier alpha value is -2.54. The van der Waals surface area contributed by atoms with E-state index in [0.29, 0.717) is 11.9 Å². The third kappa shape index (κ3) is 2.30. The van der Waals surface area contributed by atoms with E-state index in [4.69, 9.17) is 0 Å². The average molecular weight is 276 g/mol. The molecule has 1 radical (unpaired) electrons. The Balaban J connectivity index is 1.78. The minimum atomic E-state index is -0.822. The number of nitrogens with one attached hydrogen (secondary N) is 1. The molecule has 0 aromatic heterocycles. The molecule has 0 saturated carbocycles. The van der Waals surface area contributed by atoms with Gasteiger partial charge in [-0.25, -0.2) is 0 Å². The molecule has 2 aliphatic rings. The number of rotatable bonds is 2. The molecule has 2 aliphatic heterocycles. The molecule has 20 heavy (non-hydrogen) atoms. The summed E-state index contributed by atoms with van der Waals surface area (Å²) in [7, 11) is 0. The highest BCUT2D eigenvalue weighted by Crippen LogP contribution is 2.21. The van der Waals surface area contributed by atoms with Crippen LogP contribution in [-0.2, 0) is 4.79 Å². The van der Waals surface area contributed by atoms with Crippen molar-refractivity contribution in [2.24, 2.45) is 4.99 Å². The van der Waals surface area contributed by atoms with Crippen LogP contribution < -0.4 is 10.2 Å². The highest BCUT2D eigenvalue weighted by Gasteiger charge is 2.40. The predicted molar refractivity (Wildman–Crippen MR) is 69.7 cm³/mol. The first-order chi connectivity index (χ1) is 9.63. The maximum Gasteiger partial charge on any atom is 0.322 e. The summed E-state index contributed by atoms with van der Waals surface area (Å²) in [5, 5.41) is 2.81. The van der Waals surface area contributed by atoms with Gasteiger partial charge >= 0.3 is 5.84 Å². The summed E-state index contributed by atoms with van der Waals surface area (Å²) in [5.41, 5.74) is 0.634. The molecule has 0 bridgehead atoms. The first-order valence-corrected chi connectivity index (χ1v) is 5.87. The summed E-state index contributed by atoms with van der Waals surface area (Å²) in [6.07, 6.45) is 2.01. The quantitative estimate of drug-likeness (QED) is 0.663. The second-order valence-corrected chi connectivity index (χ2v) is 4.26. The number of hydrogen-bond acceptors (Lipinski definition) is 4. The number of amides is 1. The summed E-state index contributed by atoms with van der Waals surface area (Å²) in [4.78, 5) is 17.1. The van der Waals surface area contributed by atoms with E-state index < -0.39 is 11.7 Å². The number of carbonyl (C=O) groups excluding carboxylic acids is 1. The maximum atomic E-state index is 13.5. The van der Waals surface area contributed by atoms with E-state index in [1.165, 1.54) is 11.1 Å². The molecule has 2 heterocycles. The highest BCUT2D eigenvalue weighted by atomic mass is 19.2. The van der Waals surface area contributed by atoms with Crippen molar-refractivity contribution in [1.82, 2.24) is 10.0 Å². The van der Waals surface area contributed by atoms with Crippen LogP contribution in [0.2, 0.25) is 0 Å². The van der Waals surface area contributed by atoms with Crippen molar-refractivity contribution in [2.45, 2.75) is 0 Å². The third-order valence-corrected chi connectivity index (χ3v) is 2.80. The number of nitrogens with zero attached hydrogens (tertiary/aromatic N) is 3. The number of aliphatic imine (C=N–C) groups is 1. The molecule has 0 saturated heterocycles. The number of para-hydroxylation sites is 1. The fourth-order valence-electron chi connectivity index (χ4n) is 1.91. The van der Waals surface area contributed by atoms with Crippen molar-refractivity contribution in [1.29, 1.82) is 0 Å². The third-order valence-electron chi connectivity index (χ3n) is 2.80. The zero-order chi connectivity index (χ0) is 14.1. The summed E-state index contributed by atoms with van der Waals surface area (Å²) in [6.45, 7) is -0.200. The molecule has 0 unspecified atom stereocenters. The molecule has 101 valence electrons. The Labute approximate surface area is 113 Å². The van der Waals surface area contributed by atoms with E-state index in [0.717, 1.165) is 0 Å². The van der Waals surface area contributed by atoms with Crippen molar-refractivity contribution in [2.75, 3.05) is 12.0 Å². The van der Waals surface area contributed by atoms with E-state index in [9.17, 15) is 13.7 Å². The summed E-state index contributed by atoms with van der Waals surface area (Å²) in [5.74, 6) is -1.36. The minimum absolute atomic E-state index is 0.0303. The Bertz CT molecular complexity index is 639. The molecule has 7 heteroatoms. The smallest absolute Gasteiger partial charge is 0.320 e. The number of halogens is 2. The molecule has 3 rings (SSSR count). The van der Waals surface area contributed by atoms with Gasteiger partial charge in [-0.05, 0) is 12.1 Å². The number of carbonyl (C=O) groups is 1. The van der Waals surface area contributed by atoms with Crippen molar-refractivity contribution < 1.29 is 13.7 Å². The van der Waals surface area contributed by atoms with Crippen LogP contribution >= 0.6 is 0 Å². The fraction of sp³-hybridized carbons (Fsp3) is 0.0769. The number of anilines is 1. The number of benzene rings is 1. The van der Waals surface area contributed by atoms with E-state index in [1.807, 2.05) is 6.07 Å². The van der Waals surface area contributed by atoms with Crippen LogP contribution in [0.15, 0.2) is 59.2 Å². The van der Waals surface area contributed by atoms with Crippen molar-refractivity contribution >= 4 is 17.4 Å². The van der Waals surface area contributed by atoms with Gasteiger partial charge in [-0.3, -0.25) is 4.79 Å². The summed E-state index contributed by atoms with van der Waals surface area (Å²) in [6, 6.07) is 8.81. The van der Waals surface area contributed by atoms with Gasteiger partial charge in [0.2, 0.25) is 12.5 Å². The van der Waals surface area contributed by atoms with Gasteiger partial charge in [-0.2, -0.15) is 14.5 Å². The molecule has 1 aromatic carbocycles. The second-order valence-electron chi connectivity index (χ2n) is 4.26. The van der Waals surface area contributed by atoms with Crippen LogP contribution in [0.3, 0.4) is 0 Å². The van der Waals surface area contributed by atoms with E-state index in [-0.39, 0.29) is 23.3 Å². The van der Waals surface area contributed by atoms with E-state index >= 15 is 0 Å². The lowest BCUT2D eigenvalue weighted by Gasteiger charge is -2.13. The number of fused-ring (bicyclic) bond motifs is 1. The van der Waals surface area contributed by atoms with E-state index in [1.54, 1.807) is 24.3 Å². The minimum Gasteiger partial charge on any atom is -0.320 e. The van der Waals surface area contributed by atoms with Gasteiger partial charge in [0.15, 0.2) is 11.9 Å². The Kier molecular flexibility index (Phi) is 3.03. The fourth-order valence-corrected chi connectivity index (χ4v) is 1.91. The molecular formula is C13H10F2N4O+. The number of amidine groups is 1. The second kappa shape index (κ2) is 4.86. The van der Waals surface area contributed by atoms with Crippen molar-refractivity contribution in [3.8, 4) is 0 Å². The van der Waals surface area contributed by atoms with Gasteiger partial charge in [-0.15, -0.1) is 0 Å². The highest BCUT2D eigenvalue weighted by molar-refractivity contribution is 6.11. The zero-order valence-electron chi connectivity index (χ0n) is 10.3. The van der Waals surface area contributed by atoms with Crippen molar-refractivity contribution in [3.05, 3.63) is 54.3 Å². The summed E-state index contributed by atoms with van der Waals surface area (Å²) < 4.78 is 26.5. The van der Waals surface area contributed by atoms with Gasteiger partial charge in [0.05, 0.1) is 6.20 Å². The zero-order valence-corrected chi connectivity index (χ0v) is 10.3. The molecule has 5 nitrogen and oxygen atoms in total.